The third-order valence-corrected chi connectivity index (χ3v) is 9.41. The Kier molecular flexibility index (Phi) is 11.0. The summed E-state index contributed by atoms with van der Waals surface area (Å²) >= 11 is 0. The number of nitrogens with one attached hydrogen (secondary N) is 1. The molecule has 1 heterocycles. The fraction of sp³-hybridized carbons (Fsp3) is 0.395. The first-order valence-corrected chi connectivity index (χ1v) is 16.4. The van der Waals surface area contributed by atoms with E-state index >= 15 is 0 Å². The number of likely N-dealkylation sites (tertiary alicyclic amines) is 1. The molecule has 0 aromatic heterocycles. The molecule has 0 spiro atoms. The number of aliphatic hydroxyl groups excluding tert-OH is 1. The van der Waals surface area contributed by atoms with Crippen LogP contribution < -0.4 is 11.1 Å². The van der Waals surface area contributed by atoms with Gasteiger partial charge in [0.05, 0.1) is 6.10 Å². The van der Waals surface area contributed by atoms with Crippen LogP contribution in [0.25, 0.3) is 11.1 Å². The minimum Gasteiger partial charge on any atom is -0.393 e. The number of carbonyl (C=O) groups excluding carboxylic acids is 3. The van der Waals surface area contributed by atoms with Crippen LogP contribution in [0.4, 0.5) is 0 Å². The Balaban J connectivity index is 1.37. The molecule has 2 aliphatic rings. The van der Waals surface area contributed by atoms with Gasteiger partial charge in [0, 0.05) is 38.5 Å². The van der Waals surface area contributed by atoms with E-state index in [0.29, 0.717) is 38.8 Å². The molecule has 1 unspecified atom stereocenters. The zero-order valence-corrected chi connectivity index (χ0v) is 26.7. The van der Waals surface area contributed by atoms with Gasteiger partial charge in [0.1, 0.15) is 12.1 Å². The third-order valence-electron chi connectivity index (χ3n) is 9.41. The van der Waals surface area contributed by atoms with Crippen molar-refractivity contribution >= 4 is 17.7 Å². The van der Waals surface area contributed by atoms with Gasteiger partial charge in [0.2, 0.25) is 17.7 Å². The van der Waals surface area contributed by atoms with Gasteiger partial charge in [-0.15, -0.1) is 0 Å². The minimum atomic E-state index is -0.894. The molecule has 4 N–H and O–H groups in total. The standard InChI is InChI=1S/C38H46N4O4/c1-41(34(27-28-10-4-2-5-11-28)37(46)42-24-19-32(43)20-25-42)36(45)33(40-35(44)14-8-21-38(39)22-9-23-38)26-29-15-17-31(18-16-29)30-12-6-3-7-13-30/h2-8,10-18,32-34,43H,9,19-27,39H2,1H3,(H,40,44)/b14-8+/t33-,34?/m1/s1. The number of hydrogen-bond acceptors (Lipinski definition) is 5. The summed E-state index contributed by atoms with van der Waals surface area (Å²) in [5.74, 6) is -0.862. The molecule has 0 radical (unpaired) electrons. The topological polar surface area (TPSA) is 116 Å². The maximum Gasteiger partial charge on any atom is 0.245 e. The summed E-state index contributed by atoms with van der Waals surface area (Å²) in [6.45, 7) is 0.878. The first-order valence-electron chi connectivity index (χ1n) is 16.4. The number of benzene rings is 3. The van der Waals surface area contributed by atoms with Crippen LogP contribution in [0, 0.1) is 0 Å². The number of likely N-dealkylation sites (N-methyl/N-ethyl adjacent to an activating group) is 1. The summed E-state index contributed by atoms with van der Waals surface area (Å²) in [5, 5.41) is 13.0. The van der Waals surface area contributed by atoms with Crippen molar-refractivity contribution in [3.05, 3.63) is 108 Å². The zero-order valence-electron chi connectivity index (χ0n) is 26.7. The normalized spacial score (nSPS) is 17.6. The summed E-state index contributed by atoms with van der Waals surface area (Å²) < 4.78 is 0. The molecule has 3 aromatic carbocycles. The highest BCUT2D eigenvalue weighted by Crippen LogP contribution is 2.32. The van der Waals surface area contributed by atoms with Gasteiger partial charge in [-0.05, 0) is 66.9 Å². The molecule has 2 atom stereocenters. The fourth-order valence-corrected chi connectivity index (χ4v) is 6.28. The SMILES string of the molecule is CN(C(=O)[C@@H](Cc1ccc(-c2ccccc2)cc1)NC(=O)/C=C/CC1(N)CCC1)C(Cc1ccccc1)C(=O)N1CCC(O)CC1. The van der Waals surface area contributed by atoms with Crippen LogP contribution in [0.1, 0.15) is 49.7 Å². The van der Waals surface area contributed by atoms with Gasteiger partial charge in [-0.25, -0.2) is 0 Å². The summed E-state index contributed by atoms with van der Waals surface area (Å²) in [6.07, 6.45) is 8.06. The number of amides is 3. The van der Waals surface area contributed by atoms with E-state index in [4.69, 9.17) is 5.73 Å². The molecule has 2 fully saturated rings. The van der Waals surface area contributed by atoms with E-state index in [1.54, 1.807) is 18.0 Å². The van der Waals surface area contributed by atoms with Crippen molar-refractivity contribution in [3.63, 3.8) is 0 Å². The molecule has 8 nitrogen and oxygen atoms in total. The Morgan fingerprint density at radius 2 is 1.50 bits per heavy atom. The highest BCUT2D eigenvalue weighted by atomic mass is 16.3. The van der Waals surface area contributed by atoms with Gasteiger partial charge < -0.3 is 26.0 Å². The molecule has 242 valence electrons. The zero-order chi connectivity index (χ0) is 32.5. The lowest BCUT2D eigenvalue weighted by molar-refractivity contribution is -0.147. The van der Waals surface area contributed by atoms with Crippen molar-refractivity contribution in [3.8, 4) is 11.1 Å². The Labute approximate surface area is 272 Å². The van der Waals surface area contributed by atoms with Crippen molar-refractivity contribution in [1.29, 1.82) is 0 Å². The minimum absolute atomic E-state index is 0.155. The van der Waals surface area contributed by atoms with E-state index in [-0.39, 0.29) is 29.7 Å². The molecular weight excluding hydrogens is 576 g/mol. The molecule has 0 bridgehead atoms. The molecule has 1 aliphatic carbocycles. The van der Waals surface area contributed by atoms with Gasteiger partial charge in [-0.1, -0.05) is 91.0 Å². The number of rotatable bonds is 12. The van der Waals surface area contributed by atoms with Crippen molar-refractivity contribution < 1.29 is 19.5 Å². The lowest BCUT2D eigenvalue weighted by Gasteiger charge is -2.37. The number of piperidine rings is 1. The number of hydrogen-bond donors (Lipinski definition) is 3. The summed E-state index contributed by atoms with van der Waals surface area (Å²) in [4.78, 5) is 44.6. The van der Waals surface area contributed by atoms with Gasteiger partial charge in [0.25, 0.3) is 0 Å². The number of nitrogens with zero attached hydrogens (tertiary/aromatic N) is 2. The summed E-state index contributed by atoms with van der Waals surface area (Å²) in [6, 6.07) is 26.0. The molecule has 3 aromatic rings. The second-order valence-electron chi connectivity index (χ2n) is 12.9. The Morgan fingerprint density at radius 1 is 0.913 bits per heavy atom. The highest BCUT2D eigenvalue weighted by molar-refractivity contribution is 5.95. The first kappa shape index (κ1) is 33.1. The van der Waals surface area contributed by atoms with E-state index in [9.17, 15) is 19.5 Å². The van der Waals surface area contributed by atoms with Gasteiger partial charge in [-0.3, -0.25) is 14.4 Å². The second-order valence-corrected chi connectivity index (χ2v) is 12.9. The van der Waals surface area contributed by atoms with Gasteiger partial charge in [0.15, 0.2) is 0 Å². The quantitative estimate of drug-likeness (QED) is 0.261. The van der Waals surface area contributed by atoms with E-state index in [2.05, 4.69) is 5.32 Å². The van der Waals surface area contributed by atoms with Crippen molar-refractivity contribution in [2.75, 3.05) is 20.1 Å². The van der Waals surface area contributed by atoms with Crippen LogP contribution in [0.3, 0.4) is 0 Å². The number of nitrogens with two attached hydrogens (primary N) is 1. The molecule has 1 saturated heterocycles. The molecule has 1 aliphatic heterocycles. The predicted molar refractivity (Wildman–Crippen MR) is 181 cm³/mol. The lowest BCUT2D eigenvalue weighted by Crippen LogP contribution is -2.57. The molecule has 46 heavy (non-hydrogen) atoms. The highest BCUT2D eigenvalue weighted by Gasteiger charge is 2.36. The maximum absolute atomic E-state index is 14.3. The average Bonchev–Trinajstić information content (AvgIpc) is 3.06. The maximum atomic E-state index is 14.3. The van der Waals surface area contributed by atoms with Gasteiger partial charge >= 0.3 is 0 Å². The molecule has 5 rings (SSSR count). The number of carbonyl (C=O) groups is 3. The van der Waals surface area contributed by atoms with Crippen molar-refractivity contribution in [2.24, 2.45) is 5.73 Å². The third kappa shape index (κ3) is 8.71. The Hall–Kier alpha value is -4.27. The van der Waals surface area contributed by atoms with Crippen LogP contribution in [-0.2, 0) is 27.2 Å². The van der Waals surface area contributed by atoms with Crippen LogP contribution in [-0.4, -0.2) is 76.5 Å². The van der Waals surface area contributed by atoms with E-state index in [0.717, 1.165) is 41.5 Å². The smallest absolute Gasteiger partial charge is 0.245 e. The Morgan fingerprint density at radius 3 is 2.11 bits per heavy atom. The molecular formula is C38H46N4O4. The lowest BCUT2D eigenvalue weighted by atomic mass is 9.75. The van der Waals surface area contributed by atoms with Crippen LogP contribution in [0.15, 0.2) is 97.1 Å². The first-order chi connectivity index (χ1) is 22.2. The van der Waals surface area contributed by atoms with Crippen LogP contribution in [0.2, 0.25) is 0 Å². The summed E-state index contributed by atoms with van der Waals surface area (Å²) in [7, 11) is 1.65. The second kappa shape index (κ2) is 15.3. The average molecular weight is 623 g/mol. The molecule has 3 amide bonds. The largest absolute Gasteiger partial charge is 0.393 e. The van der Waals surface area contributed by atoms with E-state index < -0.39 is 18.2 Å². The van der Waals surface area contributed by atoms with Crippen molar-refractivity contribution in [2.45, 2.75) is 75.1 Å². The molecule has 1 saturated carbocycles. The van der Waals surface area contributed by atoms with E-state index in [1.807, 2.05) is 84.9 Å². The van der Waals surface area contributed by atoms with Crippen LogP contribution >= 0.6 is 0 Å². The van der Waals surface area contributed by atoms with Crippen molar-refractivity contribution in [1.82, 2.24) is 15.1 Å². The summed E-state index contributed by atoms with van der Waals surface area (Å²) in [5.41, 5.74) is 10.1. The van der Waals surface area contributed by atoms with E-state index in [1.165, 1.54) is 11.0 Å². The predicted octanol–water partition coefficient (Wildman–Crippen LogP) is 4.26. The Bertz CT molecular complexity index is 1480. The monoisotopic (exact) mass is 622 g/mol. The van der Waals surface area contributed by atoms with Gasteiger partial charge in [-0.2, -0.15) is 0 Å². The number of aliphatic hydroxyl groups is 1. The molecule has 8 heteroatoms. The van der Waals surface area contributed by atoms with Crippen LogP contribution in [0.5, 0.6) is 0 Å². The fourth-order valence-electron chi connectivity index (χ4n) is 6.28.